The average Bonchev–Trinajstić information content (AvgIpc) is 3.03. The highest BCUT2D eigenvalue weighted by atomic mass is 16.1. The zero-order chi connectivity index (χ0) is 10.7. The minimum atomic E-state index is 0.352. The number of ketones is 1. The molecule has 0 unspecified atom stereocenters. The van der Waals surface area contributed by atoms with Crippen LogP contribution >= 0.6 is 0 Å². The second-order valence-corrected chi connectivity index (χ2v) is 5.34. The average molecular weight is 205 g/mol. The lowest BCUT2D eigenvalue weighted by atomic mass is 9.68. The highest BCUT2D eigenvalue weighted by Crippen LogP contribution is 2.49. The van der Waals surface area contributed by atoms with Crippen LogP contribution in [0.1, 0.15) is 57.8 Å². The Labute approximate surface area is 91.7 Å². The summed E-state index contributed by atoms with van der Waals surface area (Å²) >= 11 is 0. The van der Waals surface area contributed by atoms with Crippen molar-refractivity contribution >= 4 is 5.78 Å². The summed E-state index contributed by atoms with van der Waals surface area (Å²) in [4.78, 5) is 11.3. The normalized spacial score (nSPS) is 24.9. The van der Waals surface area contributed by atoms with Crippen molar-refractivity contribution in [3.8, 4) is 6.07 Å². The Hall–Kier alpha value is -0.840. The second-order valence-electron chi connectivity index (χ2n) is 5.34. The van der Waals surface area contributed by atoms with Gasteiger partial charge in [0.25, 0.3) is 0 Å². The van der Waals surface area contributed by atoms with Crippen LogP contribution in [0.25, 0.3) is 0 Å². The molecule has 0 amide bonds. The van der Waals surface area contributed by atoms with E-state index in [1.54, 1.807) is 0 Å². The predicted octanol–water partition coefficient (Wildman–Crippen LogP) is 3.22. The molecular weight excluding hydrogens is 186 g/mol. The molecule has 0 aromatic carbocycles. The first-order valence-corrected chi connectivity index (χ1v) is 6.13. The van der Waals surface area contributed by atoms with Crippen LogP contribution in [0.15, 0.2) is 0 Å². The number of Topliss-reactive ketones (excluding diaryl/α,β-unsaturated/α-hetero) is 1. The van der Waals surface area contributed by atoms with E-state index in [1.165, 1.54) is 19.3 Å². The molecule has 2 nitrogen and oxygen atoms in total. The Morgan fingerprint density at radius 2 is 2.00 bits per heavy atom. The Bertz CT molecular complexity index is 275. The maximum absolute atomic E-state index is 11.3. The van der Waals surface area contributed by atoms with Crippen molar-refractivity contribution in [3.63, 3.8) is 0 Å². The van der Waals surface area contributed by atoms with Gasteiger partial charge in [0.1, 0.15) is 5.78 Å². The summed E-state index contributed by atoms with van der Waals surface area (Å²) in [6.07, 6.45) is 9.34. The van der Waals surface area contributed by atoms with E-state index in [9.17, 15) is 4.79 Å². The van der Waals surface area contributed by atoms with Crippen molar-refractivity contribution in [1.82, 2.24) is 0 Å². The maximum atomic E-state index is 11.3. The van der Waals surface area contributed by atoms with Crippen LogP contribution in [-0.4, -0.2) is 5.78 Å². The van der Waals surface area contributed by atoms with Crippen molar-refractivity contribution in [1.29, 1.82) is 5.26 Å². The first-order valence-electron chi connectivity index (χ1n) is 6.13. The molecule has 0 aromatic heterocycles. The van der Waals surface area contributed by atoms with E-state index < -0.39 is 0 Å². The summed E-state index contributed by atoms with van der Waals surface area (Å²) in [7, 11) is 0. The lowest BCUT2D eigenvalue weighted by molar-refractivity contribution is -0.122. The van der Waals surface area contributed by atoms with Crippen LogP contribution in [0.2, 0.25) is 0 Å². The summed E-state index contributed by atoms with van der Waals surface area (Å²) in [5.41, 5.74) is 0.352. The molecule has 0 atom stereocenters. The molecule has 0 aliphatic heterocycles. The molecule has 2 fully saturated rings. The topological polar surface area (TPSA) is 40.9 Å². The number of nitrogens with zero attached hydrogens (tertiary/aromatic N) is 1. The molecular formula is C13H19NO. The highest BCUT2D eigenvalue weighted by molar-refractivity contribution is 5.79. The quantitative estimate of drug-likeness (QED) is 0.707. The van der Waals surface area contributed by atoms with E-state index in [4.69, 9.17) is 5.26 Å². The van der Waals surface area contributed by atoms with Crippen LogP contribution in [0.3, 0.4) is 0 Å². The Morgan fingerprint density at radius 1 is 1.33 bits per heavy atom. The third-order valence-corrected chi connectivity index (χ3v) is 4.05. The minimum Gasteiger partial charge on any atom is -0.300 e. The van der Waals surface area contributed by atoms with Gasteiger partial charge in [-0.1, -0.05) is 12.8 Å². The molecule has 0 aromatic rings. The van der Waals surface area contributed by atoms with Gasteiger partial charge >= 0.3 is 0 Å². The molecule has 2 rings (SSSR count). The number of hydrogen-bond acceptors (Lipinski definition) is 2. The summed E-state index contributed by atoms with van der Waals surface area (Å²) < 4.78 is 0. The number of carbonyl (C=O) groups excluding carboxylic acids is 1. The SMILES string of the molecule is N#CCCC1(CC2CC2)CCC(=O)CC1. The van der Waals surface area contributed by atoms with Gasteiger partial charge in [-0.05, 0) is 37.0 Å². The first-order chi connectivity index (χ1) is 7.24. The molecule has 0 spiro atoms. The smallest absolute Gasteiger partial charge is 0.132 e. The fourth-order valence-electron chi connectivity index (χ4n) is 2.87. The fourth-order valence-corrected chi connectivity index (χ4v) is 2.87. The van der Waals surface area contributed by atoms with E-state index >= 15 is 0 Å². The summed E-state index contributed by atoms with van der Waals surface area (Å²) in [6, 6.07) is 2.26. The fraction of sp³-hybridized carbons (Fsp3) is 0.846. The van der Waals surface area contributed by atoms with Gasteiger partial charge in [0, 0.05) is 19.3 Å². The van der Waals surface area contributed by atoms with Crippen LogP contribution in [0.4, 0.5) is 0 Å². The lowest BCUT2D eigenvalue weighted by Crippen LogP contribution is -2.28. The summed E-state index contributed by atoms with van der Waals surface area (Å²) in [6.45, 7) is 0. The van der Waals surface area contributed by atoms with Crippen LogP contribution in [-0.2, 0) is 4.79 Å². The zero-order valence-corrected chi connectivity index (χ0v) is 9.30. The van der Waals surface area contributed by atoms with Gasteiger partial charge in [-0.3, -0.25) is 4.79 Å². The van der Waals surface area contributed by atoms with Gasteiger partial charge in [-0.15, -0.1) is 0 Å². The summed E-state index contributed by atoms with van der Waals surface area (Å²) in [5.74, 6) is 1.34. The van der Waals surface area contributed by atoms with E-state index in [0.29, 0.717) is 17.6 Å². The number of rotatable bonds is 4. The van der Waals surface area contributed by atoms with Gasteiger partial charge in [0.05, 0.1) is 6.07 Å². The van der Waals surface area contributed by atoms with E-state index in [0.717, 1.165) is 38.0 Å². The van der Waals surface area contributed by atoms with Crippen LogP contribution in [0.5, 0.6) is 0 Å². The van der Waals surface area contributed by atoms with Crippen molar-refractivity contribution < 1.29 is 4.79 Å². The van der Waals surface area contributed by atoms with Gasteiger partial charge in [-0.25, -0.2) is 0 Å². The third-order valence-electron chi connectivity index (χ3n) is 4.05. The molecule has 15 heavy (non-hydrogen) atoms. The van der Waals surface area contributed by atoms with Crippen LogP contribution < -0.4 is 0 Å². The number of nitriles is 1. The number of hydrogen-bond donors (Lipinski definition) is 0. The van der Waals surface area contributed by atoms with Gasteiger partial charge in [0.2, 0.25) is 0 Å². The zero-order valence-electron chi connectivity index (χ0n) is 9.30. The Morgan fingerprint density at radius 3 is 2.53 bits per heavy atom. The van der Waals surface area contributed by atoms with E-state index in [-0.39, 0.29) is 0 Å². The lowest BCUT2D eigenvalue weighted by Gasteiger charge is -2.36. The molecule has 2 saturated carbocycles. The second kappa shape index (κ2) is 4.35. The van der Waals surface area contributed by atoms with Crippen molar-refractivity contribution in [2.45, 2.75) is 57.8 Å². The third kappa shape index (κ3) is 2.81. The van der Waals surface area contributed by atoms with Gasteiger partial charge in [-0.2, -0.15) is 5.26 Å². The Kier molecular flexibility index (Phi) is 3.09. The van der Waals surface area contributed by atoms with Crippen molar-refractivity contribution in [2.75, 3.05) is 0 Å². The predicted molar refractivity (Wildman–Crippen MR) is 58.1 cm³/mol. The highest BCUT2D eigenvalue weighted by Gasteiger charge is 2.38. The number of carbonyl (C=O) groups is 1. The molecule has 0 bridgehead atoms. The Balaban J connectivity index is 1.94. The standard InChI is InChI=1S/C13H19NO/c14-9-1-6-13(10-11-2-3-11)7-4-12(15)5-8-13/h11H,1-8,10H2. The van der Waals surface area contributed by atoms with Crippen LogP contribution in [0, 0.1) is 22.7 Å². The molecule has 2 heteroatoms. The molecule has 0 N–H and O–H groups in total. The minimum absolute atomic E-state index is 0.352. The van der Waals surface area contributed by atoms with Gasteiger partial charge < -0.3 is 0 Å². The monoisotopic (exact) mass is 205 g/mol. The summed E-state index contributed by atoms with van der Waals surface area (Å²) in [5, 5.41) is 8.70. The molecule has 0 radical (unpaired) electrons. The van der Waals surface area contributed by atoms with E-state index in [1.807, 2.05) is 0 Å². The molecule has 2 aliphatic carbocycles. The molecule has 0 saturated heterocycles. The van der Waals surface area contributed by atoms with E-state index in [2.05, 4.69) is 6.07 Å². The largest absolute Gasteiger partial charge is 0.300 e. The molecule has 0 heterocycles. The molecule has 2 aliphatic rings. The maximum Gasteiger partial charge on any atom is 0.132 e. The van der Waals surface area contributed by atoms with Gasteiger partial charge in [0.15, 0.2) is 0 Å². The first kappa shape index (κ1) is 10.7. The van der Waals surface area contributed by atoms with Crippen molar-refractivity contribution in [2.24, 2.45) is 11.3 Å². The molecule has 82 valence electrons. The van der Waals surface area contributed by atoms with Crippen molar-refractivity contribution in [3.05, 3.63) is 0 Å².